The topological polar surface area (TPSA) is 45.3 Å². The molecule has 2 aliphatic heterocycles. The van der Waals surface area contributed by atoms with Gasteiger partial charge in [0.15, 0.2) is 0 Å². The average molecular weight is 287 g/mol. The van der Waals surface area contributed by atoms with Crippen LogP contribution < -0.4 is 0 Å². The molecule has 4 nitrogen and oxygen atoms in total. The molecule has 2 aliphatic rings. The summed E-state index contributed by atoms with van der Waals surface area (Å²) in [4.78, 5) is 17.8. The Kier molecular flexibility index (Phi) is 2.33. The molecule has 0 aliphatic carbocycles. The van der Waals surface area contributed by atoms with Crippen LogP contribution in [0.5, 0.6) is 0 Å². The van der Waals surface area contributed by atoms with E-state index in [4.69, 9.17) is 8.85 Å². The number of H-pyrrole nitrogens is 1. The number of esters is 1. The largest absolute Gasteiger partial charge is 0.459 e. The molecule has 21 heavy (non-hydrogen) atoms. The first-order valence-corrected chi connectivity index (χ1v) is 7.47. The lowest BCUT2D eigenvalue weighted by Crippen LogP contribution is -2.43. The van der Waals surface area contributed by atoms with Crippen LogP contribution in [0.15, 0.2) is 30.4 Å². The lowest BCUT2D eigenvalue weighted by molar-refractivity contribution is -0.000258. The molecule has 0 saturated carbocycles. The number of aromatic amines is 1. The van der Waals surface area contributed by atoms with E-state index in [1.54, 1.807) is 6.07 Å². The third-order valence-corrected chi connectivity index (χ3v) is 4.91. The molecular weight excluding hydrogens is 264 g/mol. The van der Waals surface area contributed by atoms with Gasteiger partial charge in [-0.2, -0.15) is 0 Å². The number of nitrogens with zero attached hydrogens (tertiary/aromatic N) is 1. The second kappa shape index (κ2) is 4.88. The first-order valence-electron chi connectivity index (χ1n) is 8.97. The van der Waals surface area contributed by atoms with Crippen molar-refractivity contribution in [1.29, 1.82) is 0 Å². The zero-order valence-electron chi connectivity index (χ0n) is 15.0. The standard InChI is InChI=1S/C17H20N2O2/c1-19-11-6-7-12(19)9-13(8-11)21-17(20)15-10-18-16-5-3-2-4-14(15)16/h2-5,10-13,18H,6-9H2,1H3/i3D,5D,10D. The second-order valence-corrected chi connectivity index (χ2v) is 6.07. The highest BCUT2D eigenvalue weighted by molar-refractivity contribution is 6.04. The van der Waals surface area contributed by atoms with E-state index in [0.29, 0.717) is 23.0 Å². The number of hydrogen-bond donors (Lipinski definition) is 1. The first kappa shape index (κ1) is 10.0. The maximum absolute atomic E-state index is 12.6. The van der Waals surface area contributed by atoms with Gasteiger partial charge in [0, 0.05) is 42.0 Å². The predicted octanol–water partition coefficient (Wildman–Crippen LogP) is 2.95. The highest BCUT2D eigenvalue weighted by Gasteiger charge is 2.40. The molecule has 2 aromatic rings. The molecule has 2 unspecified atom stereocenters. The first-order chi connectivity index (χ1) is 11.5. The Bertz CT molecular complexity index is 806. The molecule has 2 saturated heterocycles. The van der Waals surface area contributed by atoms with Crippen molar-refractivity contribution in [2.45, 2.75) is 43.9 Å². The minimum Gasteiger partial charge on any atom is -0.459 e. The SMILES string of the molecule is [2H]c1ccc2c(C(=O)OC3CC4CCC(C3)N4C)c([2H])[nH]c2c1[2H]. The summed E-state index contributed by atoms with van der Waals surface area (Å²) in [5.74, 6) is -0.502. The van der Waals surface area contributed by atoms with E-state index in [2.05, 4.69) is 16.9 Å². The van der Waals surface area contributed by atoms with Gasteiger partial charge in [-0.05, 0) is 25.9 Å². The molecule has 110 valence electrons. The zero-order valence-corrected chi connectivity index (χ0v) is 12.0. The van der Waals surface area contributed by atoms with Crippen LogP contribution in [0.2, 0.25) is 0 Å². The molecule has 2 atom stereocenters. The number of fused-ring (bicyclic) bond motifs is 3. The van der Waals surface area contributed by atoms with Crippen LogP contribution >= 0.6 is 0 Å². The van der Waals surface area contributed by atoms with Crippen molar-refractivity contribution in [2.75, 3.05) is 7.05 Å². The Hall–Kier alpha value is -1.81. The fourth-order valence-electron chi connectivity index (χ4n) is 3.72. The summed E-state index contributed by atoms with van der Waals surface area (Å²) in [6.45, 7) is 0. The lowest BCUT2D eigenvalue weighted by atomic mass is 10.0. The Labute approximate surface area is 128 Å². The summed E-state index contributed by atoms with van der Waals surface area (Å²) < 4.78 is 29.3. The summed E-state index contributed by atoms with van der Waals surface area (Å²) in [6, 6.07) is 4.10. The molecule has 1 N–H and O–H groups in total. The summed E-state index contributed by atoms with van der Waals surface area (Å²) in [5, 5.41) is 0.488. The van der Waals surface area contributed by atoms with E-state index < -0.39 is 5.97 Å². The highest BCUT2D eigenvalue weighted by atomic mass is 16.5. The van der Waals surface area contributed by atoms with Crippen molar-refractivity contribution < 1.29 is 13.6 Å². The van der Waals surface area contributed by atoms with E-state index in [0.717, 1.165) is 25.7 Å². The van der Waals surface area contributed by atoms with Gasteiger partial charge in [0.2, 0.25) is 0 Å². The molecule has 1 aromatic heterocycles. The van der Waals surface area contributed by atoms with Gasteiger partial charge in [0.1, 0.15) is 6.10 Å². The number of benzene rings is 1. The summed E-state index contributed by atoms with van der Waals surface area (Å²) in [5.41, 5.74) is 0.521. The van der Waals surface area contributed by atoms with Crippen molar-refractivity contribution in [3.05, 3.63) is 36.0 Å². The van der Waals surface area contributed by atoms with Crippen LogP contribution in [-0.4, -0.2) is 41.1 Å². The molecule has 0 radical (unpaired) electrons. The van der Waals surface area contributed by atoms with E-state index >= 15 is 0 Å². The number of para-hydroxylation sites is 1. The van der Waals surface area contributed by atoms with E-state index in [-0.39, 0.29) is 29.9 Å². The Morgan fingerprint density at radius 2 is 2.19 bits per heavy atom. The van der Waals surface area contributed by atoms with Crippen LogP contribution in [0.4, 0.5) is 0 Å². The molecule has 2 fully saturated rings. The smallest absolute Gasteiger partial charge is 0.340 e. The summed E-state index contributed by atoms with van der Waals surface area (Å²) in [6.07, 6.45) is 3.83. The Balaban J connectivity index is 1.60. The quantitative estimate of drug-likeness (QED) is 0.864. The van der Waals surface area contributed by atoms with Gasteiger partial charge < -0.3 is 14.6 Å². The average Bonchev–Trinajstić information content (AvgIpc) is 2.95. The number of hydrogen-bond acceptors (Lipinski definition) is 3. The van der Waals surface area contributed by atoms with Crippen molar-refractivity contribution >= 4 is 16.9 Å². The minimum atomic E-state index is -0.502. The van der Waals surface area contributed by atoms with Crippen molar-refractivity contribution in [3.63, 3.8) is 0 Å². The fourth-order valence-corrected chi connectivity index (χ4v) is 3.72. The number of nitrogens with one attached hydrogen (secondary N) is 1. The fraction of sp³-hybridized carbons (Fsp3) is 0.471. The zero-order chi connectivity index (χ0) is 17.0. The van der Waals surface area contributed by atoms with Gasteiger partial charge in [0.05, 0.1) is 9.68 Å². The number of ether oxygens (including phenoxy) is 1. The molecule has 0 spiro atoms. The summed E-state index contributed by atoms with van der Waals surface area (Å²) in [7, 11) is 2.14. The second-order valence-electron chi connectivity index (χ2n) is 6.07. The van der Waals surface area contributed by atoms with Gasteiger partial charge in [-0.25, -0.2) is 4.79 Å². The molecule has 4 heteroatoms. The monoisotopic (exact) mass is 287 g/mol. The van der Waals surface area contributed by atoms with Crippen molar-refractivity contribution in [1.82, 2.24) is 9.88 Å². The number of piperidine rings is 1. The number of rotatable bonds is 2. The van der Waals surface area contributed by atoms with Gasteiger partial charge in [0.25, 0.3) is 0 Å². The maximum Gasteiger partial charge on any atom is 0.340 e. The third-order valence-electron chi connectivity index (χ3n) is 4.91. The minimum absolute atomic E-state index is 0.00242. The predicted molar refractivity (Wildman–Crippen MR) is 81.3 cm³/mol. The van der Waals surface area contributed by atoms with Crippen LogP contribution in [0, 0.1) is 0 Å². The molecule has 1 aromatic carbocycles. The van der Waals surface area contributed by atoms with Crippen molar-refractivity contribution in [2.24, 2.45) is 0 Å². The lowest BCUT2D eigenvalue weighted by Gasteiger charge is -2.35. The van der Waals surface area contributed by atoms with Crippen LogP contribution in [0.3, 0.4) is 0 Å². The Morgan fingerprint density at radius 3 is 2.95 bits per heavy atom. The molecule has 3 heterocycles. The van der Waals surface area contributed by atoms with Gasteiger partial charge >= 0.3 is 5.97 Å². The normalized spacial score (nSPS) is 30.9. The van der Waals surface area contributed by atoms with E-state index in [1.807, 2.05) is 0 Å². The molecular formula is C17H20N2O2. The Morgan fingerprint density at radius 1 is 1.43 bits per heavy atom. The van der Waals surface area contributed by atoms with Crippen LogP contribution in [0.25, 0.3) is 10.9 Å². The van der Waals surface area contributed by atoms with E-state index in [9.17, 15) is 4.79 Å². The van der Waals surface area contributed by atoms with Gasteiger partial charge in [-0.3, -0.25) is 0 Å². The molecule has 4 rings (SSSR count). The van der Waals surface area contributed by atoms with Gasteiger partial charge in [-0.1, -0.05) is 18.2 Å². The van der Waals surface area contributed by atoms with Crippen LogP contribution in [-0.2, 0) is 4.74 Å². The number of carbonyl (C=O) groups is 1. The number of aromatic nitrogens is 1. The highest BCUT2D eigenvalue weighted by Crippen LogP contribution is 2.35. The maximum atomic E-state index is 12.6. The van der Waals surface area contributed by atoms with E-state index in [1.165, 1.54) is 6.07 Å². The van der Waals surface area contributed by atoms with Gasteiger partial charge in [-0.15, -0.1) is 0 Å². The molecule has 0 amide bonds. The van der Waals surface area contributed by atoms with Crippen LogP contribution in [0.1, 0.15) is 40.2 Å². The summed E-state index contributed by atoms with van der Waals surface area (Å²) >= 11 is 0. The number of carbonyl (C=O) groups excluding carboxylic acids is 1. The molecule has 2 bridgehead atoms. The third kappa shape index (κ3) is 2.14. The van der Waals surface area contributed by atoms with Crippen molar-refractivity contribution in [3.8, 4) is 0 Å².